The van der Waals surface area contributed by atoms with E-state index < -0.39 is 0 Å². The van der Waals surface area contributed by atoms with Crippen molar-refractivity contribution < 1.29 is 5.11 Å². The molecule has 29 heavy (non-hydrogen) atoms. The van der Waals surface area contributed by atoms with Crippen LogP contribution in [0.1, 0.15) is 29.7 Å². The molecule has 0 atom stereocenters. The molecular formula is C21H25ClN6O. The van der Waals surface area contributed by atoms with Gasteiger partial charge in [-0.3, -0.25) is 4.90 Å². The molecule has 0 radical (unpaired) electrons. The Kier molecular flexibility index (Phi) is 5.43. The second-order valence-electron chi connectivity index (χ2n) is 7.68. The molecule has 0 bridgehead atoms. The first kappa shape index (κ1) is 19.7. The molecule has 7 nitrogen and oxygen atoms in total. The lowest BCUT2D eigenvalue weighted by atomic mass is 10.0. The van der Waals surface area contributed by atoms with Crippen molar-refractivity contribution in [1.29, 1.82) is 0 Å². The highest BCUT2D eigenvalue weighted by Crippen LogP contribution is 2.26. The molecule has 0 amide bonds. The molecule has 0 spiro atoms. The first-order valence-corrected chi connectivity index (χ1v) is 10.1. The highest BCUT2D eigenvalue weighted by atomic mass is 35.5. The number of aromatic hydroxyl groups is 1. The lowest BCUT2D eigenvalue weighted by molar-refractivity contribution is 0.209. The monoisotopic (exact) mass is 412 g/mol. The summed E-state index contributed by atoms with van der Waals surface area (Å²) in [5.74, 6) is 1.27. The number of nitrogens with zero attached hydrogens (tertiary/aromatic N) is 4. The van der Waals surface area contributed by atoms with E-state index in [1.165, 1.54) is 0 Å². The van der Waals surface area contributed by atoms with Crippen LogP contribution < -0.4 is 11.1 Å². The van der Waals surface area contributed by atoms with Gasteiger partial charge in [-0.05, 0) is 56.5 Å². The van der Waals surface area contributed by atoms with Gasteiger partial charge in [-0.1, -0.05) is 11.6 Å². The van der Waals surface area contributed by atoms with Gasteiger partial charge in [0.1, 0.15) is 11.6 Å². The maximum atomic E-state index is 10.0. The zero-order valence-corrected chi connectivity index (χ0v) is 17.4. The number of aryl methyl sites for hydroxylation is 2. The van der Waals surface area contributed by atoms with Gasteiger partial charge in [0, 0.05) is 42.0 Å². The number of nitrogens with one attached hydrogen (secondary N) is 1. The largest absolute Gasteiger partial charge is 0.508 e. The number of halogens is 1. The first-order chi connectivity index (χ1) is 13.9. The minimum Gasteiger partial charge on any atom is -0.508 e. The van der Waals surface area contributed by atoms with Crippen LogP contribution in [-0.4, -0.2) is 44.1 Å². The lowest BCUT2D eigenvalue weighted by Gasteiger charge is -2.32. The summed E-state index contributed by atoms with van der Waals surface area (Å²) in [7, 11) is 0. The van der Waals surface area contributed by atoms with Crippen LogP contribution in [0.4, 0.5) is 11.8 Å². The molecule has 8 heteroatoms. The van der Waals surface area contributed by atoms with Crippen LogP contribution in [0.2, 0.25) is 5.02 Å². The third kappa shape index (κ3) is 4.36. The van der Waals surface area contributed by atoms with Gasteiger partial charge >= 0.3 is 0 Å². The number of nitrogen functional groups attached to an aromatic ring is 1. The predicted octanol–water partition coefficient (Wildman–Crippen LogP) is 3.66. The van der Waals surface area contributed by atoms with Gasteiger partial charge < -0.3 is 16.2 Å². The third-order valence-electron chi connectivity index (χ3n) is 5.38. The van der Waals surface area contributed by atoms with Crippen LogP contribution in [0.15, 0.2) is 24.3 Å². The number of likely N-dealkylation sites (tertiary alicyclic amines) is 1. The number of hydrogen-bond donors (Lipinski definition) is 3. The summed E-state index contributed by atoms with van der Waals surface area (Å²) in [6, 6.07) is 7.42. The van der Waals surface area contributed by atoms with E-state index in [9.17, 15) is 5.11 Å². The van der Waals surface area contributed by atoms with E-state index in [-0.39, 0.29) is 11.8 Å². The van der Waals surface area contributed by atoms with E-state index in [1.807, 2.05) is 26.0 Å². The number of nitrogens with two attached hydrogens (primary N) is 1. The molecule has 1 aromatic carbocycles. The van der Waals surface area contributed by atoms with Gasteiger partial charge in [0.2, 0.25) is 5.95 Å². The molecule has 0 unspecified atom stereocenters. The van der Waals surface area contributed by atoms with Gasteiger partial charge in [0.05, 0.1) is 5.39 Å². The molecule has 1 fully saturated rings. The van der Waals surface area contributed by atoms with E-state index in [1.54, 1.807) is 12.1 Å². The highest BCUT2D eigenvalue weighted by molar-refractivity contribution is 6.30. The molecule has 4 rings (SSSR count). The average Bonchev–Trinajstić information content (AvgIpc) is 2.65. The van der Waals surface area contributed by atoms with Crippen LogP contribution in [-0.2, 0) is 6.54 Å². The fourth-order valence-electron chi connectivity index (χ4n) is 3.91. The van der Waals surface area contributed by atoms with Crippen molar-refractivity contribution in [2.45, 2.75) is 39.3 Å². The molecule has 152 valence electrons. The second-order valence-corrected chi connectivity index (χ2v) is 8.12. The number of piperidine rings is 1. The summed E-state index contributed by atoms with van der Waals surface area (Å²) in [5.41, 5.74) is 9.61. The highest BCUT2D eigenvalue weighted by Gasteiger charge is 2.21. The normalized spacial score (nSPS) is 15.7. The smallest absolute Gasteiger partial charge is 0.226 e. The number of phenolic OH excluding ortho intramolecular Hbond substituents is 1. The number of rotatable bonds is 4. The zero-order valence-electron chi connectivity index (χ0n) is 16.6. The lowest BCUT2D eigenvalue weighted by Crippen LogP contribution is -2.39. The summed E-state index contributed by atoms with van der Waals surface area (Å²) in [6.45, 7) is 6.44. The number of anilines is 2. The Morgan fingerprint density at radius 2 is 1.93 bits per heavy atom. The average molecular weight is 413 g/mol. The minimum absolute atomic E-state index is 0.266. The molecule has 3 aromatic rings. The summed E-state index contributed by atoms with van der Waals surface area (Å²) in [6.07, 6.45) is 1.89. The minimum atomic E-state index is 0.266. The van der Waals surface area contributed by atoms with E-state index in [4.69, 9.17) is 17.3 Å². The Morgan fingerprint density at radius 3 is 2.69 bits per heavy atom. The molecule has 1 saturated heterocycles. The van der Waals surface area contributed by atoms with E-state index in [2.05, 4.69) is 25.2 Å². The van der Waals surface area contributed by atoms with Gasteiger partial charge in [0.25, 0.3) is 0 Å². The first-order valence-electron chi connectivity index (χ1n) is 9.77. The number of phenols is 1. The van der Waals surface area contributed by atoms with Crippen LogP contribution in [0, 0.1) is 13.8 Å². The van der Waals surface area contributed by atoms with E-state index >= 15 is 0 Å². The van der Waals surface area contributed by atoms with E-state index in [0.717, 1.165) is 48.1 Å². The number of aromatic nitrogens is 3. The molecule has 4 N–H and O–H groups in total. The quantitative estimate of drug-likeness (QED) is 0.601. The van der Waals surface area contributed by atoms with Crippen molar-refractivity contribution in [3.63, 3.8) is 0 Å². The van der Waals surface area contributed by atoms with Crippen LogP contribution >= 0.6 is 11.6 Å². The third-order valence-corrected chi connectivity index (χ3v) is 5.61. The van der Waals surface area contributed by atoms with Crippen LogP contribution in [0.5, 0.6) is 5.75 Å². The van der Waals surface area contributed by atoms with Gasteiger partial charge in [-0.2, -0.15) is 9.97 Å². The standard InChI is InChI=1S/C21H25ClN6O/c1-12-9-13(2)24-20-18(12)19(23)26-21(27-20)25-16-5-7-28(8-6-16)11-14-10-15(22)3-4-17(14)29/h3-4,9-10,16,29H,5-8,11H2,1-2H3,(H3,23,24,25,26,27). The van der Waals surface area contributed by atoms with Gasteiger partial charge in [0.15, 0.2) is 5.65 Å². The maximum Gasteiger partial charge on any atom is 0.226 e. The van der Waals surface area contributed by atoms with Crippen molar-refractivity contribution in [1.82, 2.24) is 19.9 Å². The van der Waals surface area contributed by atoms with Crippen LogP contribution in [0.25, 0.3) is 11.0 Å². The number of hydrogen-bond acceptors (Lipinski definition) is 7. The number of pyridine rings is 1. The Morgan fingerprint density at radius 1 is 1.17 bits per heavy atom. The Labute approximate surface area is 174 Å². The van der Waals surface area contributed by atoms with Crippen molar-refractivity contribution in [3.8, 4) is 5.75 Å². The second kappa shape index (κ2) is 8.00. The maximum absolute atomic E-state index is 10.0. The molecule has 0 aliphatic carbocycles. The Balaban J connectivity index is 1.41. The molecule has 1 aliphatic rings. The Bertz CT molecular complexity index is 1050. The van der Waals surface area contributed by atoms with Crippen molar-refractivity contribution >= 4 is 34.4 Å². The summed E-state index contributed by atoms with van der Waals surface area (Å²) in [4.78, 5) is 15.9. The topological polar surface area (TPSA) is 100 Å². The Hall–Kier alpha value is -2.64. The molecular weight excluding hydrogens is 388 g/mol. The molecule has 2 aromatic heterocycles. The van der Waals surface area contributed by atoms with Crippen molar-refractivity contribution in [2.24, 2.45) is 0 Å². The zero-order chi connectivity index (χ0) is 20.5. The number of benzene rings is 1. The molecule has 3 heterocycles. The van der Waals surface area contributed by atoms with Gasteiger partial charge in [-0.25, -0.2) is 4.98 Å². The fraction of sp³-hybridized carbons (Fsp3) is 0.381. The summed E-state index contributed by atoms with van der Waals surface area (Å²) >= 11 is 6.05. The SMILES string of the molecule is Cc1cc(C)c2c(N)nc(NC3CCN(Cc4cc(Cl)ccc4O)CC3)nc2n1. The number of fused-ring (bicyclic) bond motifs is 1. The van der Waals surface area contributed by atoms with Crippen molar-refractivity contribution in [2.75, 3.05) is 24.1 Å². The molecule has 0 saturated carbocycles. The summed E-state index contributed by atoms with van der Waals surface area (Å²) < 4.78 is 0. The summed E-state index contributed by atoms with van der Waals surface area (Å²) in [5, 5.41) is 14.9. The van der Waals surface area contributed by atoms with Crippen LogP contribution in [0.3, 0.4) is 0 Å². The van der Waals surface area contributed by atoms with E-state index in [0.29, 0.717) is 29.0 Å². The predicted molar refractivity (Wildman–Crippen MR) is 116 cm³/mol. The molecule has 1 aliphatic heterocycles. The fourth-order valence-corrected chi connectivity index (χ4v) is 4.11. The van der Waals surface area contributed by atoms with Gasteiger partial charge in [-0.15, -0.1) is 0 Å². The van der Waals surface area contributed by atoms with Crippen molar-refractivity contribution in [3.05, 3.63) is 46.1 Å².